The van der Waals surface area contributed by atoms with Gasteiger partial charge in [-0.05, 0) is 79.6 Å². The third kappa shape index (κ3) is 9.70. The molecule has 1 aliphatic heterocycles. The Kier molecular flexibility index (Phi) is 11.8. The van der Waals surface area contributed by atoms with Gasteiger partial charge in [-0.15, -0.1) is 0 Å². The van der Waals surface area contributed by atoms with Crippen LogP contribution in [-0.2, 0) is 13.0 Å². The summed E-state index contributed by atoms with van der Waals surface area (Å²) in [6.07, 6.45) is 2.56. The van der Waals surface area contributed by atoms with Crippen molar-refractivity contribution >= 4 is 11.8 Å². The molecular formula is C35H44F2N4O2. The van der Waals surface area contributed by atoms with E-state index in [9.17, 15) is 18.4 Å². The van der Waals surface area contributed by atoms with Crippen molar-refractivity contribution in [3.8, 4) is 0 Å². The van der Waals surface area contributed by atoms with Gasteiger partial charge in [-0.25, -0.2) is 8.78 Å². The van der Waals surface area contributed by atoms with Crippen molar-refractivity contribution in [2.75, 3.05) is 32.7 Å². The molecule has 3 aromatic rings. The van der Waals surface area contributed by atoms with E-state index >= 15 is 0 Å². The molecule has 43 heavy (non-hydrogen) atoms. The number of aryl methyl sites for hydroxylation is 1. The van der Waals surface area contributed by atoms with Gasteiger partial charge in [-0.1, -0.05) is 44.2 Å². The van der Waals surface area contributed by atoms with E-state index in [1.54, 1.807) is 12.1 Å². The Morgan fingerprint density at radius 3 is 2.30 bits per heavy atom. The van der Waals surface area contributed by atoms with Gasteiger partial charge in [0.1, 0.15) is 11.6 Å². The summed E-state index contributed by atoms with van der Waals surface area (Å²) < 4.78 is 28.2. The van der Waals surface area contributed by atoms with Crippen molar-refractivity contribution in [2.45, 2.75) is 65.1 Å². The molecule has 0 bridgehead atoms. The molecule has 0 aliphatic carbocycles. The zero-order valence-electron chi connectivity index (χ0n) is 25.5. The number of benzene rings is 3. The Balaban J connectivity index is 1.52. The first kappa shape index (κ1) is 32.3. The SMILES string of the molecule is CCCN(CCC)C(=O)c1cc(C)cc(C(=O)N[C@@H](Cc2cc(F)cc(F)c2)C[C@H]2CN(Cc3ccccc3)CCN2)c1. The van der Waals surface area contributed by atoms with E-state index in [4.69, 9.17) is 0 Å². The van der Waals surface area contributed by atoms with Gasteiger partial charge in [0.25, 0.3) is 11.8 Å². The van der Waals surface area contributed by atoms with Crippen molar-refractivity contribution in [1.82, 2.24) is 20.4 Å². The fraction of sp³-hybridized carbons (Fsp3) is 0.429. The van der Waals surface area contributed by atoms with Gasteiger partial charge in [0, 0.05) is 68.5 Å². The maximum Gasteiger partial charge on any atom is 0.253 e. The molecule has 1 fully saturated rings. The van der Waals surface area contributed by atoms with Crippen molar-refractivity contribution < 1.29 is 18.4 Å². The Labute approximate surface area is 254 Å². The van der Waals surface area contributed by atoms with E-state index in [0.29, 0.717) is 36.2 Å². The second kappa shape index (κ2) is 15.7. The summed E-state index contributed by atoms with van der Waals surface area (Å²) in [5.74, 6) is -1.68. The van der Waals surface area contributed by atoms with Crippen LogP contribution in [0.15, 0.2) is 66.7 Å². The summed E-state index contributed by atoms with van der Waals surface area (Å²) >= 11 is 0. The topological polar surface area (TPSA) is 64.7 Å². The molecule has 8 heteroatoms. The molecule has 2 atom stereocenters. The molecule has 0 spiro atoms. The number of halogens is 2. The number of nitrogens with one attached hydrogen (secondary N) is 2. The van der Waals surface area contributed by atoms with Crippen LogP contribution < -0.4 is 10.6 Å². The van der Waals surface area contributed by atoms with Crippen molar-refractivity contribution in [3.05, 3.63) is 106 Å². The van der Waals surface area contributed by atoms with E-state index in [0.717, 1.165) is 50.7 Å². The zero-order valence-corrected chi connectivity index (χ0v) is 25.5. The highest BCUT2D eigenvalue weighted by Gasteiger charge is 2.25. The summed E-state index contributed by atoms with van der Waals surface area (Å²) in [4.78, 5) is 31.2. The van der Waals surface area contributed by atoms with Crippen molar-refractivity contribution in [2.24, 2.45) is 0 Å². The van der Waals surface area contributed by atoms with E-state index in [-0.39, 0.29) is 30.3 Å². The lowest BCUT2D eigenvalue weighted by atomic mass is 9.96. The van der Waals surface area contributed by atoms with Gasteiger partial charge in [-0.3, -0.25) is 14.5 Å². The molecule has 0 saturated carbocycles. The number of hydrogen-bond acceptors (Lipinski definition) is 4. The summed E-state index contributed by atoms with van der Waals surface area (Å²) in [6, 6.07) is 18.7. The highest BCUT2D eigenvalue weighted by Crippen LogP contribution is 2.18. The van der Waals surface area contributed by atoms with Gasteiger partial charge in [-0.2, -0.15) is 0 Å². The van der Waals surface area contributed by atoms with Gasteiger partial charge >= 0.3 is 0 Å². The minimum atomic E-state index is -0.643. The summed E-state index contributed by atoms with van der Waals surface area (Å²) in [7, 11) is 0. The monoisotopic (exact) mass is 590 g/mol. The normalized spacial score (nSPS) is 16.1. The maximum absolute atomic E-state index is 14.1. The van der Waals surface area contributed by atoms with E-state index in [1.165, 1.54) is 17.7 Å². The molecule has 4 rings (SSSR count). The van der Waals surface area contributed by atoms with Crippen molar-refractivity contribution in [1.29, 1.82) is 0 Å². The summed E-state index contributed by atoms with van der Waals surface area (Å²) in [6.45, 7) is 10.6. The number of nitrogens with zero attached hydrogens (tertiary/aromatic N) is 2. The first-order valence-corrected chi connectivity index (χ1v) is 15.4. The third-order valence-electron chi connectivity index (χ3n) is 7.76. The number of carbonyl (C=O) groups excluding carboxylic acids is 2. The lowest BCUT2D eigenvalue weighted by Crippen LogP contribution is -2.53. The van der Waals surface area contributed by atoms with Crippen LogP contribution in [0.2, 0.25) is 0 Å². The van der Waals surface area contributed by atoms with Crippen LogP contribution in [0.25, 0.3) is 0 Å². The molecular weight excluding hydrogens is 546 g/mol. The Bertz CT molecular complexity index is 1340. The average Bonchev–Trinajstić information content (AvgIpc) is 2.96. The van der Waals surface area contributed by atoms with Crippen LogP contribution in [0.5, 0.6) is 0 Å². The molecule has 2 amide bonds. The summed E-state index contributed by atoms with van der Waals surface area (Å²) in [5.41, 5.74) is 3.42. The third-order valence-corrected chi connectivity index (χ3v) is 7.76. The molecule has 230 valence electrons. The first-order valence-electron chi connectivity index (χ1n) is 15.4. The molecule has 6 nitrogen and oxygen atoms in total. The molecule has 0 aromatic heterocycles. The second-order valence-corrected chi connectivity index (χ2v) is 11.6. The lowest BCUT2D eigenvalue weighted by Gasteiger charge is -2.35. The largest absolute Gasteiger partial charge is 0.349 e. The quantitative estimate of drug-likeness (QED) is 0.267. The highest BCUT2D eigenvalue weighted by atomic mass is 19.1. The van der Waals surface area contributed by atoms with Crippen LogP contribution >= 0.6 is 0 Å². The molecule has 1 aliphatic rings. The number of amides is 2. The molecule has 0 radical (unpaired) electrons. The molecule has 1 heterocycles. The van der Waals surface area contributed by atoms with Crippen LogP contribution in [-0.4, -0.2) is 66.4 Å². The Hall–Kier alpha value is -3.62. The number of rotatable bonds is 13. The van der Waals surface area contributed by atoms with Crippen LogP contribution in [0.3, 0.4) is 0 Å². The maximum atomic E-state index is 14.1. The standard InChI is InChI=1S/C35H44F2N4O2/c1-4-12-41(13-5-2)35(43)29-16-25(3)15-28(20-29)34(42)39-32(19-27-17-30(36)21-31(37)18-27)22-33-24-40(14-11-38-33)23-26-9-7-6-8-10-26/h6-10,15-18,20-21,32-33,38H,4-5,11-14,19,22-24H2,1-3H3,(H,39,42)/t32-,33-/m0/s1. The fourth-order valence-electron chi connectivity index (χ4n) is 5.93. The average molecular weight is 591 g/mol. The molecule has 2 N–H and O–H groups in total. The van der Waals surface area contributed by atoms with E-state index < -0.39 is 11.6 Å². The van der Waals surface area contributed by atoms with Gasteiger partial charge < -0.3 is 15.5 Å². The second-order valence-electron chi connectivity index (χ2n) is 11.6. The number of piperazine rings is 1. The minimum absolute atomic E-state index is 0.0764. The first-order chi connectivity index (χ1) is 20.7. The van der Waals surface area contributed by atoms with E-state index in [2.05, 4.69) is 27.7 Å². The van der Waals surface area contributed by atoms with Crippen molar-refractivity contribution in [3.63, 3.8) is 0 Å². The van der Waals surface area contributed by atoms with Crippen LogP contribution in [0.4, 0.5) is 8.78 Å². The minimum Gasteiger partial charge on any atom is -0.349 e. The summed E-state index contributed by atoms with van der Waals surface area (Å²) in [5, 5.41) is 6.70. The number of carbonyl (C=O) groups is 2. The molecule has 1 saturated heterocycles. The number of hydrogen-bond donors (Lipinski definition) is 2. The Morgan fingerprint density at radius 2 is 1.63 bits per heavy atom. The van der Waals surface area contributed by atoms with Gasteiger partial charge in [0.15, 0.2) is 0 Å². The molecule has 0 unspecified atom stereocenters. The molecule has 3 aromatic carbocycles. The Morgan fingerprint density at radius 1 is 0.953 bits per heavy atom. The van der Waals surface area contributed by atoms with E-state index in [1.807, 2.05) is 49.9 Å². The fourth-order valence-corrected chi connectivity index (χ4v) is 5.93. The van der Waals surface area contributed by atoms with Crippen LogP contribution in [0.1, 0.15) is 70.5 Å². The predicted octanol–water partition coefficient (Wildman–Crippen LogP) is 5.74. The zero-order chi connectivity index (χ0) is 30.8. The lowest BCUT2D eigenvalue weighted by molar-refractivity contribution is 0.0755. The van der Waals surface area contributed by atoms with Gasteiger partial charge in [0.05, 0.1) is 0 Å². The van der Waals surface area contributed by atoms with Crippen LogP contribution in [0, 0.1) is 18.6 Å². The predicted molar refractivity (Wildman–Crippen MR) is 167 cm³/mol. The smallest absolute Gasteiger partial charge is 0.253 e. The highest BCUT2D eigenvalue weighted by molar-refractivity contribution is 6.00. The van der Waals surface area contributed by atoms with Gasteiger partial charge in [0.2, 0.25) is 0 Å².